The van der Waals surface area contributed by atoms with Crippen molar-refractivity contribution in [3.8, 4) is 0 Å². The molecule has 2 aliphatic rings. The van der Waals surface area contributed by atoms with Crippen LogP contribution in [0.1, 0.15) is 19.8 Å². The standard InChI is InChI=1S/C11H22N4O/c1-11(3-4-13-7-11)8-15-5-2-9(6-15)14-10(12)16/h9,13H,2-8H2,1H3,(H3,12,14,16). The van der Waals surface area contributed by atoms with Gasteiger partial charge >= 0.3 is 6.03 Å². The number of likely N-dealkylation sites (tertiary alicyclic amines) is 1. The van der Waals surface area contributed by atoms with Gasteiger partial charge in [-0.1, -0.05) is 6.92 Å². The van der Waals surface area contributed by atoms with E-state index in [4.69, 9.17) is 5.73 Å². The number of urea groups is 1. The SMILES string of the molecule is CC1(CN2CCC(NC(N)=O)C2)CCNC1. The molecule has 2 rings (SSSR count). The van der Waals surface area contributed by atoms with E-state index in [0.29, 0.717) is 5.41 Å². The average molecular weight is 226 g/mol. The number of amides is 2. The van der Waals surface area contributed by atoms with Crippen LogP contribution >= 0.6 is 0 Å². The second kappa shape index (κ2) is 4.59. The van der Waals surface area contributed by atoms with Crippen molar-refractivity contribution in [3.05, 3.63) is 0 Å². The van der Waals surface area contributed by atoms with Crippen LogP contribution in [-0.4, -0.2) is 49.7 Å². The van der Waals surface area contributed by atoms with Gasteiger partial charge in [-0.15, -0.1) is 0 Å². The molecule has 5 heteroatoms. The van der Waals surface area contributed by atoms with E-state index in [1.165, 1.54) is 6.42 Å². The van der Waals surface area contributed by atoms with Crippen LogP contribution < -0.4 is 16.4 Å². The molecule has 0 radical (unpaired) electrons. The van der Waals surface area contributed by atoms with Crippen LogP contribution in [-0.2, 0) is 0 Å². The Kier molecular flexibility index (Phi) is 3.35. The van der Waals surface area contributed by atoms with Crippen LogP contribution in [0.15, 0.2) is 0 Å². The molecular weight excluding hydrogens is 204 g/mol. The molecule has 0 spiro atoms. The van der Waals surface area contributed by atoms with Crippen LogP contribution in [0.4, 0.5) is 4.79 Å². The van der Waals surface area contributed by atoms with Crippen molar-refractivity contribution < 1.29 is 4.79 Å². The molecule has 0 aromatic heterocycles. The molecule has 2 aliphatic heterocycles. The van der Waals surface area contributed by atoms with Gasteiger partial charge in [0, 0.05) is 32.2 Å². The third-order valence-electron chi connectivity index (χ3n) is 3.68. The Morgan fingerprint density at radius 1 is 1.69 bits per heavy atom. The van der Waals surface area contributed by atoms with Crippen molar-refractivity contribution in [1.82, 2.24) is 15.5 Å². The summed E-state index contributed by atoms with van der Waals surface area (Å²) in [6.45, 7) is 7.71. The van der Waals surface area contributed by atoms with Crippen LogP contribution in [0.3, 0.4) is 0 Å². The Labute approximate surface area is 96.7 Å². The van der Waals surface area contributed by atoms with Gasteiger partial charge in [-0.2, -0.15) is 0 Å². The molecule has 4 N–H and O–H groups in total. The zero-order valence-electron chi connectivity index (χ0n) is 9.96. The summed E-state index contributed by atoms with van der Waals surface area (Å²) < 4.78 is 0. The molecule has 2 heterocycles. The second-order valence-corrected chi connectivity index (χ2v) is 5.47. The first-order valence-corrected chi connectivity index (χ1v) is 6.06. The molecule has 0 aromatic carbocycles. The minimum atomic E-state index is -0.402. The predicted molar refractivity (Wildman–Crippen MR) is 63.2 cm³/mol. The first-order valence-electron chi connectivity index (χ1n) is 6.06. The Hall–Kier alpha value is -0.810. The van der Waals surface area contributed by atoms with Crippen molar-refractivity contribution in [2.24, 2.45) is 11.1 Å². The lowest BCUT2D eigenvalue weighted by Crippen LogP contribution is -2.42. The summed E-state index contributed by atoms with van der Waals surface area (Å²) in [5, 5.41) is 6.20. The topological polar surface area (TPSA) is 70.4 Å². The predicted octanol–water partition coefficient (Wildman–Crippen LogP) is -0.271. The summed E-state index contributed by atoms with van der Waals surface area (Å²) in [6, 6.07) is -0.156. The van der Waals surface area contributed by atoms with Crippen LogP contribution in [0.2, 0.25) is 0 Å². The van der Waals surface area contributed by atoms with Crippen molar-refractivity contribution in [3.63, 3.8) is 0 Å². The molecule has 2 atom stereocenters. The maximum atomic E-state index is 10.8. The Bertz CT molecular complexity index is 263. The lowest BCUT2D eigenvalue weighted by molar-refractivity contribution is 0.205. The van der Waals surface area contributed by atoms with E-state index < -0.39 is 6.03 Å². The van der Waals surface area contributed by atoms with Gasteiger partial charge < -0.3 is 21.3 Å². The minimum Gasteiger partial charge on any atom is -0.352 e. The zero-order valence-corrected chi connectivity index (χ0v) is 9.96. The molecule has 2 saturated heterocycles. The van der Waals surface area contributed by atoms with Gasteiger partial charge in [-0.05, 0) is 24.8 Å². The molecule has 0 bridgehead atoms. The summed E-state index contributed by atoms with van der Waals surface area (Å²) >= 11 is 0. The highest BCUT2D eigenvalue weighted by atomic mass is 16.2. The van der Waals surface area contributed by atoms with Crippen LogP contribution in [0, 0.1) is 5.41 Å². The monoisotopic (exact) mass is 226 g/mol. The van der Waals surface area contributed by atoms with E-state index in [0.717, 1.165) is 39.1 Å². The Morgan fingerprint density at radius 3 is 3.12 bits per heavy atom. The average Bonchev–Trinajstić information content (AvgIpc) is 2.75. The fourth-order valence-corrected chi connectivity index (χ4v) is 2.84. The molecular formula is C11H22N4O. The van der Waals surface area contributed by atoms with E-state index in [9.17, 15) is 4.79 Å². The van der Waals surface area contributed by atoms with Crippen molar-refractivity contribution in [2.45, 2.75) is 25.8 Å². The first kappa shape index (κ1) is 11.7. The number of carbonyl (C=O) groups is 1. The van der Waals surface area contributed by atoms with Crippen molar-refractivity contribution in [1.29, 1.82) is 0 Å². The van der Waals surface area contributed by atoms with Gasteiger partial charge in [0.05, 0.1) is 0 Å². The van der Waals surface area contributed by atoms with Crippen LogP contribution in [0.5, 0.6) is 0 Å². The number of nitrogens with two attached hydrogens (primary N) is 1. The number of carbonyl (C=O) groups excluding carboxylic acids is 1. The molecule has 16 heavy (non-hydrogen) atoms. The maximum absolute atomic E-state index is 10.8. The highest BCUT2D eigenvalue weighted by molar-refractivity contribution is 5.72. The smallest absolute Gasteiger partial charge is 0.312 e. The number of hydrogen-bond acceptors (Lipinski definition) is 3. The number of rotatable bonds is 3. The summed E-state index contributed by atoms with van der Waals surface area (Å²) in [6.07, 6.45) is 2.27. The Balaban J connectivity index is 1.78. The zero-order chi connectivity index (χ0) is 11.6. The summed E-state index contributed by atoms with van der Waals surface area (Å²) in [4.78, 5) is 13.2. The number of nitrogens with one attached hydrogen (secondary N) is 2. The highest BCUT2D eigenvalue weighted by Crippen LogP contribution is 2.27. The summed E-state index contributed by atoms with van der Waals surface area (Å²) in [5.41, 5.74) is 5.53. The molecule has 0 saturated carbocycles. The summed E-state index contributed by atoms with van der Waals surface area (Å²) in [7, 11) is 0. The van der Waals surface area contributed by atoms with Crippen LogP contribution in [0.25, 0.3) is 0 Å². The Morgan fingerprint density at radius 2 is 2.50 bits per heavy atom. The number of nitrogens with zero attached hydrogens (tertiary/aromatic N) is 1. The fraction of sp³-hybridized carbons (Fsp3) is 0.909. The van der Waals surface area contributed by atoms with E-state index in [-0.39, 0.29) is 6.04 Å². The lowest BCUT2D eigenvalue weighted by Gasteiger charge is -2.29. The van der Waals surface area contributed by atoms with Crippen molar-refractivity contribution >= 4 is 6.03 Å². The molecule has 2 amide bonds. The normalized spacial score (nSPS) is 35.4. The molecule has 2 fully saturated rings. The molecule has 5 nitrogen and oxygen atoms in total. The van der Waals surface area contributed by atoms with Gasteiger partial charge in [-0.3, -0.25) is 0 Å². The minimum absolute atomic E-state index is 0.246. The fourth-order valence-electron chi connectivity index (χ4n) is 2.84. The molecule has 92 valence electrons. The first-order chi connectivity index (χ1) is 7.57. The molecule has 0 aromatic rings. The lowest BCUT2D eigenvalue weighted by atomic mass is 9.89. The van der Waals surface area contributed by atoms with Gasteiger partial charge in [0.25, 0.3) is 0 Å². The molecule has 0 aliphatic carbocycles. The highest BCUT2D eigenvalue weighted by Gasteiger charge is 2.33. The number of primary amides is 1. The van der Waals surface area contributed by atoms with Gasteiger partial charge in [-0.25, -0.2) is 4.79 Å². The summed E-state index contributed by atoms with van der Waals surface area (Å²) in [5.74, 6) is 0. The van der Waals surface area contributed by atoms with E-state index in [1.807, 2.05) is 0 Å². The van der Waals surface area contributed by atoms with E-state index >= 15 is 0 Å². The van der Waals surface area contributed by atoms with Gasteiger partial charge in [0.2, 0.25) is 0 Å². The van der Waals surface area contributed by atoms with Gasteiger partial charge in [0.1, 0.15) is 0 Å². The molecule has 2 unspecified atom stereocenters. The third kappa shape index (κ3) is 2.86. The van der Waals surface area contributed by atoms with E-state index in [2.05, 4.69) is 22.5 Å². The quantitative estimate of drug-likeness (QED) is 0.620. The number of hydrogen-bond donors (Lipinski definition) is 3. The van der Waals surface area contributed by atoms with Crippen molar-refractivity contribution in [2.75, 3.05) is 32.7 Å². The van der Waals surface area contributed by atoms with E-state index in [1.54, 1.807) is 0 Å². The third-order valence-corrected chi connectivity index (χ3v) is 3.68. The van der Waals surface area contributed by atoms with Gasteiger partial charge in [0.15, 0.2) is 0 Å². The second-order valence-electron chi connectivity index (χ2n) is 5.47. The largest absolute Gasteiger partial charge is 0.352 e. The maximum Gasteiger partial charge on any atom is 0.312 e.